The second-order valence-corrected chi connectivity index (χ2v) is 7.93. The lowest BCUT2D eigenvalue weighted by molar-refractivity contribution is -0.134. The van der Waals surface area contributed by atoms with E-state index < -0.39 is 0 Å². The van der Waals surface area contributed by atoms with Crippen LogP contribution in [0.4, 0.5) is 0 Å². The Morgan fingerprint density at radius 2 is 2.08 bits per heavy atom. The lowest BCUT2D eigenvalue weighted by Gasteiger charge is -2.33. The second-order valence-electron chi connectivity index (χ2n) is 6.98. The number of hydrogen-bond acceptors (Lipinski definition) is 6. The molecular weight excluding hydrogens is 350 g/mol. The molecule has 1 fully saturated rings. The summed E-state index contributed by atoms with van der Waals surface area (Å²) < 4.78 is 7.52. The van der Waals surface area contributed by atoms with Crippen molar-refractivity contribution in [3.8, 4) is 0 Å². The Morgan fingerprint density at radius 1 is 1.27 bits per heavy atom. The van der Waals surface area contributed by atoms with E-state index in [4.69, 9.17) is 9.72 Å². The summed E-state index contributed by atoms with van der Waals surface area (Å²) in [5.41, 5.74) is 1.95. The third-order valence-corrected chi connectivity index (χ3v) is 6.06. The number of fused-ring (bicyclic) bond motifs is 1. The van der Waals surface area contributed by atoms with Gasteiger partial charge in [0.05, 0.1) is 37.9 Å². The summed E-state index contributed by atoms with van der Waals surface area (Å²) in [6.45, 7) is 9.59. The van der Waals surface area contributed by atoms with Gasteiger partial charge in [-0.3, -0.25) is 9.69 Å². The van der Waals surface area contributed by atoms with Crippen molar-refractivity contribution in [1.82, 2.24) is 24.3 Å². The van der Waals surface area contributed by atoms with Gasteiger partial charge in [-0.1, -0.05) is 0 Å². The zero-order chi connectivity index (χ0) is 18.1. The summed E-state index contributed by atoms with van der Waals surface area (Å²) in [4.78, 5) is 26.1. The SMILES string of the molecule is Cc1csc(CN2CCn3cc(CC(=O)N4CCOCC4)nc3C2C)n1. The van der Waals surface area contributed by atoms with Gasteiger partial charge in [-0.15, -0.1) is 11.3 Å². The highest BCUT2D eigenvalue weighted by atomic mass is 32.1. The molecule has 8 heteroatoms. The van der Waals surface area contributed by atoms with E-state index in [2.05, 4.69) is 33.0 Å². The number of aromatic nitrogens is 3. The molecule has 1 amide bonds. The first-order valence-electron chi connectivity index (χ1n) is 9.16. The largest absolute Gasteiger partial charge is 0.378 e. The molecule has 7 nitrogen and oxygen atoms in total. The van der Waals surface area contributed by atoms with Crippen LogP contribution in [0.2, 0.25) is 0 Å². The van der Waals surface area contributed by atoms with Gasteiger partial charge in [-0.2, -0.15) is 0 Å². The van der Waals surface area contributed by atoms with Gasteiger partial charge < -0.3 is 14.2 Å². The lowest BCUT2D eigenvalue weighted by Crippen LogP contribution is -2.41. The number of nitrogens with zero attached hydrogens (tertiary/aromatic N) is 5. The molecule has 1 saturated heterocycles. The first-order valence-corrected chi connectivity index (χ1v) is 10.0. The van der Waals surface area contributed by atoms with Crippen LogP contribution < -0.4 is 0 Å². The van der Waals surface area contributed by atoms with Crippen LogP contribution >= 0.6 is 11.3 Å². The molecule has 140 valence electrons. The second kappa shape index (κ2) is 7.46. The van der Waals surface area contributed by atoms with Crippen LogP contribution in [0.25, 0.3) is 0 Å². The predicted molar refractivity (Wildman–Crippen MR) is 99.0 cm³/mol. The number of amides is 1. The van der Waals surface area contributed by atoms with Crippen molar-refractivity contribution in [1.29, 1.82) is 0 Å². The molecule has 0 saturated carbocycles. The number of imidazole rings is 1. The molecule has 0 aliphatic carbocycles. The Hall–Kier alpha value is -1.77. The Kier molecular flexibility index (Phi) is 5.06. The Labute approximate surface area is 157 Å². The highest BCUT2D eigenvalue weighted by Gasteiger charge is 2.28. The van der Waals surface area contributed by atoms with Gasteiger partial charge >= 0.3 is 0 Å². The number of ether oxygens (including phenoxy) is 1. The smallest absolute Gasteiger partial charge is 0.228 e. The minimum Gasteiger partial charge on any atom is -0.378 e. The van der Waals surface area contributed by atoms with E-state index in [1.807, 2.05) is 11.8 Å². The van der Waals surface area contributed by atoms with Crippen LogP contribution in [-0.4, -0.2) is 63.1 Å². The van der Waals surface area contributed by atoms with E-state index in [0.717, 1.165) is 41.9 Å². The topological polar surface area (TPSA) is 63.5 Å². The van der Waals surface area contributed by atoms with Crippen molar-refractivity contribution in [2.45, 2.75) is 39.4 Å². The van der Waals surface area contributed by atoms with Crippen LogP contribution in [-0.2, 0) is 29.0 Å². The normalized spacial score (nSPS) is 21.0. The third kappa shape index (κ3) is 3.67. The van der Waals surface area contributed by atoms with E-state index in [-0.39, 0.29) is 11.9 Å². The van der Waals surface area contributed by atoms with Crippen molar-refractivity contribution in [2.24, 2.45) is 0 Å². The Balaban J connectivity index is 1.43. The first kappa shape index (κ1) is 17.6. The van der Waals surface area contributed by atoms with Gasteiger partial charge in [0.1, 0.15) is 10.8 Å². The molecule has 2 aromatic heterocycles. The number of carbonyl (C=O) groups excluding carboxylic acids is 1. The summed E-state index contributed by atoms with van der Waals surface area (Å²) in [5, 5.41) is 3.25. The van der Waals surface area contributed by atoms with Gasteiger partial charge in [-0.05, 0) is 13.8 Å². The van der Waals surface area contributed by atoms with E-state index >= 15 is 0 Å². The molecule has 4 rings (SSSR count). The third-order valence-electron chi connectivity index (χ3n) is 5.11. The monoisotopic (exact) mass is 375 g/mol. The quantitative estimate of drug-likeness (QED) is 0.813. The number of hydrogen-bond donors (Lipinski definition) is 0. The van der Waals surface area contributed by atoms with E-state index in [0.29, 0.717) is 32.7 Å². The van der Waals surface area contributed by atoms with Crippen LogP contribution in [0.5, 0.6) is 0 Å². The molecule has 0 N–H and O–H groups in total. The fraction of sp³-hybridized carbons (Fsp3) is 0.611. The van der Waals surface area contributed by atoms with E-state index in [1.54, 1.807) is 11.3 Å². The molecule has 4 heterocycles. The predicted octanol–water partition coefficient (Wildman–Crippen LogP) is 1.63. The highest BCUT2D eigenvalue weighted by Crippen LogP contribution is 2.27. The summed E-state index contributed by atoms with van der Waals surface area (Å²) in [6, 6.07) is 0.222. The minimum absolute atomic E-state index is 0.145. The van der Waals surface area contributed by atoms with Crippen LogP contribution in [0.15, 0.2) is 11.6 Å². The van der Waals surface area contributed by atoms with Crippen molar-refractivity contribution >= 4 is 17.2 Å². The zero-order valence-corrected chi connectivity index (χ0v) is 16.2. The number of aryl methyl sites for hydroxylation is 1. The minimum atomic E-state index is 0.145. The Bertz CT molecular complexity index is 780. The maximum absolute atomic E-state index is 12.5. The van der Waals surface area contributed by atoms with Gasteiger partial charge in [-0.25, -0.2) is 9.97 Å². The van der Waals surface area contributed by atoms with Crippen molar-refractivity contribution in [2.75, 3.05) is 32.8 Å². The summed E-state index contributed by atoms with van der Waals surface area (Å²) >= 11 is 1.72. The number of rotatable bonds is 4. The fourth-order valence-corrected chi connectivity index (χ4v) is 4.42. The molecule has 26 heavy (non-hydrogen) atoms. The fourth-order valence-electron chi connectivity index (χ4n) is 3.62. The van der Waals surface area contributed by atoms with Crippen LogP contribution in [0, 0.1) is 6.92 Å². The molecule has 2 aliphatic rings. The number of carbonyl (C=O) groups is 1. The number of morpholine rings is 1. The molecular formula is C18H25N5O2S. The number of thiazole rings is 1. The van der Waals surface area contributed by atoms with E-state index in [1.165, 1.54) is 0 Å². The first-order chi connectivity index (χ1) is 12.6. The molecule has 1 atom stereocenters. The van der Waals surface area contributed by atoms with Crippen molar-refractivity contribution in [3.05, 3.63) is 33.8 Å². The standard InChI is InChI=1S/C18H25N5O2S/c1-13-12-26-16(19-13)11-22-3-4-23-10-15(20-18(23)14(22)2)9-17(24)21-5-7-25-8-6-21/h10,12,14H,3-9,11H2,1-2H3. The van der Waals surface area contributed by atoms with Gasteiger partial charge in [0.15, 0.2) is 0 Å². The molecule has 1 unspecified atom stereocenters. The zero-order valence-electron chi connectivity index (χ0n) is 15.3. The molecule has 2 aromatic rings. The van der Waals surface area contributed by atoms with E-state index in [9.17, 15) is 4.79 Å². The molecule has 0 aromatic carbocycles. The average molecular weight is 375 g/mol. The maximum atomic E-state index is 12.5. The van der Waals surface area contributed by atoms with Crippen LogP contribution in [0.1, 0.15) is 35.2 Å². The summed E-state index contributed by atoms with van der Waals surface area (Å²) in [7, 11) is 0. The molecule has 0 bridgehead atoms. The van der Waals surface area contributed by atoms with Gasteiger partial charge in [0.25, 0.3) is 0 Å². The van der Waals surface area contributed by atoms with Crippen LogP contribution in [0.3, 0.4) is 0 Å². The highest BCUT2D eigenvalue weighted by molar-refractivity contribution is 7.09. The summed E-state index contributed by atoms with van der Waals surface area (Å²) in [6.07, 6.45) is 2.42. The van der Waals surface area contributed by atoms with Gasteiger partial charge in [0, 0.05) is 43.4 Å². The lowest BCUT2D eigenvalue weighted by atomic mass is 10.2. The van der Waals surface area contributed by atoms with Gasteiger partial charge in [0.2, 0.25) is 5.91 Å². The maximum Gasteiger partial charge on any atom is 0.228 e. The Morgan fingerprint density at radius 3 is 2.81 bits per heavy atom. The van der Waals surface area contributed by atoms with Crippen molar-refractivity contribution < 1.29 is 9.53 Å². The average Bonchev–Trinajstić information content (AvgIpc) is 3.24. The molecule has 0 spiro atoms. The van der Waals surface area contributed by atoms with Crippen molar-refractivity contribution in [3.63, 3.8) is 0 Å². The molecule has 2 aliphatic heterocycles. The summed E-state index contributed by atoms with van der Waals surface area (Å²) in [5.74, 6) is 1.20. The molecule has 0 radical (unpaired) electrons.